The van der Waals surface area contributed by atoms with Gasteiger partial charge in [0.1, 0.15) is 0 Å². The summed E-state index contributed by atoms with van der Waals surface area (Å²) in [6, 6.07) is 0. The van der Waals surface area contributed by atoms with Gasteiger partial charge in [-0.1, -0.05) is 12.2 Å². The largest absolute Gasteiger partial charge is 0.352 e. The van der Waals surface area contributed by atoms with Gasteiger partial charge in [0.15, 0.2) is 6.29 Å². The molecule has 1 atom stereocenters. The van der Waals surface area contributed by atoms with E-state index in [2.05, 4.69) is 12.2 Å². The van der Waals surface area contributed by atoms with Crippen LogP contribution in [0.3, 0.4) is 0 Å². The van der Waals surface area contributed by atoms with Gasteiger partial charge >= 0.3 is 0 Å². The highest BCUT2D eigenvalue weighted by Gasteiger charge is 2.20. The van der Waals surface area contributed by atoms with E-state index in [1.165, 1.54) is 19.3 Å². The van der Waals surface area contributed by atoms with Crippen LogP contribution < -0.4 is 0 Å². The van der Waals surface area contributed by atoms with Crippen molar-refractivity contribution in [3.05, 3.63) is 12.2 Å². The van der Waals surface area contributed by atoms with Crippen LogP contribution in [-0.2, 0) is 9.47 Å². The Labute approximate surface area is 80.9 Å². The number of ether oxygens (including phenoxy) is 2. The van der Waals surface area contributed by atoms with E-state index < -0.39 is 0 Å². The minimum atomic E-state index is -0.0217. The van der Waals surface area contributed by atoms with Crippen molar-refractivity contribution in [2.24, 2.45) is 5.92 Å². The first-order valence-electron chi connectivity index (χ1n) is 5.28. The van der Waals surface area contributed by atoms with E-state index in [0.29, 0.717) is 5.92 Å². The Balaban J connectivity index is 2.41. The second-order valence-electron chi connectivity index (χ2n) is 3.30. The van der Waals surface area contributed by atoms with E-state index in [9.17, 15) is 0 Å². The second kappa shape index (κ2) is 6.17. The summed E-state index contributed by atoms with van der Waals surface area (Å²) in [5.41, 5.74) is 0. The lowest BCUT2D eigenvalue weighted by Crippen LogP contribution is -2.27. The van der Waals surface area contributed by atoms with Crippen LogP contribution in [0.15, 0.2) is 12.2 Å². The van der Waals surface area contributed by atoms with Crippen molar-refractivity contribution in [1.29, 1.82) is 0 Å². The van der Waals surface area contributed by atoms with E-state index in [1.54, 1.807) is 0 Å². The summed E-state index contributed by atoms with van der Waals surface area (Å²) in [4.78, 5) is 0. The molecular weight excluding hydrogens is 164 g/mol. The summed E-state index contributed by atoms with van der Waals surface area (Å²) >= 11 is 0. The van der Waals surface area contributed by atoms with Gasteiger partial charge in [-0.3, -0.25) is 0 Å². The minimum absolute atomic E-state index is 0.0217. The summed E-state index contributed by atoms with van der Waals surface area (Å²) in [6.07, 6.45) is 8.12. The normalized spacial score (nSPS) is 22.5. The summed E-state index contributed by atoms with van der Waals surface area (Å²) in [6.45, 7) is 5.49. The van der Waals surface area contributed by atoms with Gasteiger partial charge in [-0.25, -0.2) is 0 Å². The highest BCUT2D eigenvalue weighted by molar-refractivity contribution is 4.94. The van der Waals surface area contributed by atoms with Gasteiger partial charge in [-0.2, -0.15) is 0 Å². The molecule has 1 aliphatic carbocycles. The molecule has 0 heterocycles. The molecule has 1 unspecified atom stereocenters. The molecule has 2 heteroatoms. The van der Waals surface area contributed by atoms with Crippen LogP contribution in [0, 0.1) is 5.92 Å². The molecule has 0 radical (unpaired) electrons. The fourth-order valence-electron chi connectivity index (χ4n) is 1.69. The number of rotatable bonds is 5. The fourth-order valence-corrected chi connectivity index (χ4v) is 1.69. The third-order valence-corrected chi connectivity index (χ3v) is 2.30. The van der Waals surface area contributed by atoms with Crippen molar-refractivity contribution in [2.75, 3.05) is 13.2 Å². The number of hydrogen-bond donors (Lipinski definition) is 0. The van der Waals surface area contributed by atoms with Gasteiger partial charge < -0.3 is 9.47 Å². The molecule has 0 N–H and O–H groups in total. The SMILES string of the molecule is CCOC(OCC)C1C=CCCC1. The number of allylic oxidation sites excluding steroid dienone is 1. The highest BCUT2D eigenvalue weighted by Crippen LogP contribution is 2.23. The van der Waals surface area contributed by atoms with Crippen molar-refractivity contribution < 1.29 is 9.47 Å². The third-order valence-electron chi connectivity index (χ3n) is 2.30. The first-order chi connectivity index (χ1) is 6.38. The predicted molar refractivity (Wildman–Crippen MR) is 53.5 cm³/mol. The van der Waals surface area contributed by atoms with Gasteiger partial charge in [-0.15, -0.1) is 0 Å². The topological polar surface area (TPSA) is 18.5 Å². The van der Waals surface area contributed by atoms with Gasteiger partial charge in [-0.05, 0) is 33.1 Å². The van der Waals surface area contributed by atoms with Crippen molar-refractivity contribution in [3.63, 3.8) is 0 Å². The van der Waals surface area contributed by atoms with Crippen molar-refractivity contribution in [1.82, 2.24) is 0 Å². The van der Waals surface area contributed by atoms with E-state index in [0.717, 1.165) is 13.2 Å². The van der Waals surface area contributed by atoms with Crippen LogP contribution >= 0.6 is 0 Å². The van der Waals surface area contributed by atoms with Crippen LogP contribution in [0.5, 0.6) is 0 Å². The molecule has 0 bridgehead atoms. The van der Waals surface area contributed by atoms with E-state index in [-0.39, 0.29) is 6.29 Å². The van der Waals surface area contributed by atoms with E-state index in [4.69, 9.17) is 9.47 Å². The molecule has 0 saturated heterocycles. The summed E-state index contributed by atoms with van der Waals surface area (Å²) < 4.78 is 11.1. The van der Waals surface area contributed by atoms with Crippen molar-refractivity contribution >= 4 is 0 Å². The highest BCUT2D eigenvalue weighted by atomic mass is 16.7. The van der Waals surface area contributed by atoms with Gasteiger partial charge in [0.05, 0.1) is 0 Å². The van der Waals surface area contributed by atoms with Crippen LogP contribution in [-0.4, -0.2) is 19.5 Å². The lowest BCUT2D eigenvalue weighted by atomic mass is 9.95. The molecule has 0 aromatic rings. The molecule has 0 fully saturated rings. The van der Waals surface area contributed by atoms with Crippen LogP contribution in [0.25, 0.3) is 0 Å². The molecule has 1 rings (SSSR count). The van der Waals surface area contributed by atoms with Gasteiger partial charge in [0.25, 0.3) is 0 Å². The standard InChI is InChI=1S/C11H20O2/c1-3-12-11(13-4-2)10-8-6-5-7-9-10/h6,8,10-11H,3-5,7,9H2,1-2H3. The Morgan fingerprint density at radius 2 is 2.00 bits per heavy atom. The zero-order chi connectivity index (χ0) is 9.52. The Bertz CT molecular complexity index is 148. The lowest BCUT2D eigenvalue weighted by Gasteiger charge is -2.26. The summed E-state index contributed by atoms with van der Waals surface area (Å²) in [7, 11) is 0. The van der Waals surface area contributed by atoms with E-state index in [1.807, 2.05) is 13.8 Å². The quantitative estimate of drug-likeness (QED) is 0.483. The molecule has 0 aromatic heterocycles. The monoisotopic (exact) mass is 184 g/mol. The van der Waals surface area contributed by atoms with Gasteiger partial charge in [0.2, 0.25) is 0 Å². The van der Waals surface area contributed by atoms with Crippen LogP contribution in [0.2, 0.25) is 0 Å². The Morgan fingerprint density at radius 3 is 2.46 bits per heavy atom. The molecule has 0 aromatic carbocycles. The molecule has 0 amide bonds. The average molecular weight is 184 g/mol. The van der Waals surface area contributed by atoms with Gasteiger partial charge in [0, 0.05) is 19.1 Å². The van der Waals surface area contributed by atoms with Crippen LogP contribution in [0.1, 0.15) is 33.1 Å². The molecule has 0 spiro atoms. The predicted octanol–water partition coefficient (Wildman–Crippen LogP) is 2.74. The van der Waals surface area contributed by atoms with E-state index >= 15 is 0 Å². The first kappa shape index (κ1) is 10.7. The molecule has 1 aliphatic rings. The molecule has 13 heavy (non-hydrogen) atoms. The molecule has 0 saturated carbocycles. The Hall–Kier alpha value is -0.340. The van der Waals surface area contributed by atoms with Crippen LogP contribution in [0.4, 0.5) is 0 Å². The molecule has 76 valence electrons. The zero-order valence-corrected chi connectivity index (χ0v) is 8.66. The second-order valence-corrected chi connectivity index (χ2v) is 3.30. The van der Waals surface area contributed by atoms with Crippen molar-refractivity contribution in [3.8, 4) is 0 Å². The fraction of sp³-hybridized carbons (Fsp3) is 0.818. The smallest absolute Gasteiger partial charge is 0.163 e. The van der Waals surface area contributed by atoms with Crippen molar-refractivity contribution in [2.45, 2.75) is 39.4 Å². The average Bonchev–Trinajstić information content (AvgIpc) is 2.19. The summed E-state index contributed by atoms with van der Waals surface area (Å²) in [5.74, 6) is 0.466. The Kier molecular flexibility index (Phi) is 5.09. The maximum atomic E-state index is 5.55. The Morgan fingerprint density at radius 1 is 1.31 bits per heavy atom. The maximum absolute atomic E-state index is 5.55. The number of hydrogen-bond acceptors (Lipinski definition) is 2. The first-order valence-corrected chi connectivity index (χ1v) is 5.28. The maximum Gasteiger partial charge on any atom is 0.163 e. The lowest BCUT2D eigenvalue weighted by molar-refractivity contribution is -0.159. The third kappa shape index (κ3) is 3.49. The minimum Gasteiger partial charge on any atom is -0.352 e. The molecular formula is C11H20O2. The molecule has 0 aliphatic heterocycles. The summed E-state index contributed by atoms with van der Waals surface area (Å²) in [5, 5.41) is 0. The molecule has 2 nitrogen and oxygen atoms in total. The zero-order valence-electron chi connectivity index (χ0n) is 8.66.